The third-order valence-corrected chi connectivity index (χ3v) is 7.95. The van der Waals surface area contributed by atoms with E-state index in [4.69, 9.17) is 4.98 Å². The van der Waals surface area contributed by atoms with E-state index in [0.717, 1.165) is 22.8 Å². The van der Waals surface area contributed by atoms with E-state index in [0.29, 0.717) is 0 Å². The van der Waals surface area contributed by atoms with Gasteiger partial charge in [0.1, 0.15) is 12.1 Å². The van der Waals surface area contributed by atoms with Crippen LogP contribution in [0.1, 0.15) is 0 Å². The van der Waals surface area contributed by atoms with Gasteiger partial charge in [-0.3, -0.25) is 4.90 Å². The quantitative estimate of drug-likeness (QED) is 0.230. The molecule has 1 aliphatic heterocycles. The molecule has 0 saturated heterocycles. The molecule has 0 amide bonds. The highest BCUT2D eigenvalue weighted by molar-refractivity contribution is 6.14. The van der Waals surface area contributed by atoms with E-state index < -0.39 is 0 Å². The first-order valence-electron chi connectivity index (χ1n) is 13.8. The molecule has 192 valence electrons. The third-order valence-electron chi connectivity index (χ3n) is 7.95. The molecule has 0 N–H and O–H groups in total. The van der Waals surface area contributed by atoms with Crippen molar-refractivity contribution < 1.29 is 0 Å². The number of hydrogen-bond acceptors (Lipinski definition) is 3. The summed E-state index contributed by atoms with van der Waals surface area (Å²) < 4.78 is 0. The Kier molecular flexibility index (Phi) is 5.46. The van der Waals surface area contributed by atoms with Crippen LogP contribution in [0.4, 0.5) is 17.2 Å². The summed E-state index contributed by atoms with van der Waals surface area (Å²) in [5.41, 5.74) is 11.6. The van der Waals surface area contributed by atoms with Gasteiger partial charge in [-0.25, -0.2) is 9.97 Å². The Hall–Kier alpha value is -5.54. The van der Waals surface area contributed by atoms with E-state index in [1.165, 1.54) is 49.7 Å². The van der Waals surface area contributed by atoms with Gasteiger partial charge in [0.05, 0.1) is 5.69 Å². The zero-order valence-corrected chi connectivity index (χ0v) is 22.3. The van der Waals surface area contributed by atoms with Crippen LogP contribution in [0.5, 0.6) is 0 Å². The van der Waals surface area contributed by atoms with E-state index >= 15 is 0 Å². The Morgan fingerprint density at radius 1 is 0.463 bits per heavy atom. The lowest BCUT2D eigenvalue weighted by Gasteiger charge is -2.32. The average molecular weight is 524 g/mol. The summed E-state index contributed by atoms with van der Waals surface area (Å²) in [4.78, 5) is 11.5. The minimum absolute atomic E-state index is 0.894. The highest BCUT2D eigenvalue weighted by atomic mass is 15.2. The molecule has 0 unspecified atom stereocenters. The summed E-state index contributed by atoms with van der Waals surface area (Å²) in [5, 5.41) is 2.42. The first-order valence-corrected chi connectivity index (χ1v) is 13.8. The van der Waals surface area contributed by atoms with Crippen LogP contribution in [0.2, 0.25) is 0 Å². The SMILES string of the molecule is c1ccc(-c2ccc(-c3ccc(N4c5ncncc5-c5cc(-c6ccccc6)cc6cccc4c56)cc3)cc2)cc1. The van der Waals surface area contributed by atoms with Crippen LogP contribution < -0.4 is 4.90 Å². The molecular weight excluding hydrogens is 498 g/mol. The molecular formula is C38H25N3. The van der Waals surface area contributed by atoms with Crippen LogP contribution in [0.25, 0.3) is 55.3 Å². The van der Waals surface area contributed by atoms with Crippen molar-refractivity contribution in [1.29, 1.82) is 0 Å². The van der Waals surface area contributed by atoms with Gasteiger partial charge in [-0.05, 0) is 74.7 Å². The van der Waals surface area contributed by atoms with Gasteiger partial charge >= 0.3 is 0 Å². The molecule has 41 heavy (non-hydrogen) atoms. The predicted octanol–water partition coefficient (Wildman–Crippen LogP) is 10.1. The van der Waals surface area contributed by atoms with Crippen LogP contribution in [0, 0.1) is 0 Å². The number of anilines is 3. The van der Waals surface area contributed by atoms with E-state index in [1.54, 1.807) is 6.33 Å². The Labute approximate surface area is 239 Å². The number of benzene rings is 6. The average Bonchev–Trinajstić information content (AvgIpc) is 3.06. The molecule has 0 saturated carbocycles. The van der Waals surface area contributed by atoms with E-state index in [9.17, 15) is 0 Å². The topological polar surface area (TPSA) is 29.0 Å². The van der Waals surface area contributed by atoms with Crippen molar-refractivity contribution in [2.75, 3.05) is 4.90 Å². The number of rotatable bonds is 4. The second-order valence-electron chi connectivity index (χ2n) is 10.4. The number of hydrogen-bond donors (Lipinski definition) is 0. The molecule has 1 aliphatic rings. The Balaban J connectivity index is 1.21. The summed E-state index contributed by atoms with van der Waals surface area (Å²) in [6.45, 7) is 0. The lowest BCUT2D eigenvalue weighted by molar-refractivity contribution is 1.11. The van der Waals surface area contributed by atoms with Gasteiger partial charge in [-0.15, -0.1) is 0 Å². The summed E-state index contributed by atoms with van der Waals surface area (Å²) in [5.74, 6) is 0.894. The van der Waals surface area contributed by atoms with Crippen molar-refractivity contribution in [3.8, 4) is 44.5 Å². The van der Waals surface area contributed by atoms with Gasteiger partial charge < -0.3 is 0 Å². The first kappa shape index (κ1) is 23.4. The minimum Gasteiger partial charge on any atom is -0.294 e. The van der Waals surface area contributed by atoms with Crippen molar-refractivity contribution >= 4 is 28.0 Å². The summed E-state index contributed by atoms with van der Waals surface area (Å²) >= 11 is 0. The van der Waals surface area contributed by atoms with Crippen LogP contribution in [-0.2, 0) is 0 Å². The Bertz CT molecular complexity index is 2010. The Morgan fingerprint density at radius 2 is 1.05 bits per heavy atom. The smallest absolute Gasteiger partial charge is 0.148 e. The predicted molar refractivity (Wildman–Crippen MR) is 170 cm³/mol. The van der Waals surface area contributed by atoms with Gasteiger partial charge in [0.2, 0.25) is 0 Å². The monoisotopic (exact) mass is 523 g/mol. The molecule has 0 bridgehead atoms. The molecule has 0 radical (unpaired) electrons. The van der Waals surface area contributed by atoms with Crippen molar-refractivity contribution in [2.45, 2.75) is 0 Å². The molecule has 7 aromatic rings. The van der Waals surface area contributed by atoms with Crippen LogP contribution >= 0.6 is 0 Å². The molecule has 8 rings (SSSR count). The third kappa shape index (κ3) is 3.98. The zero-order valence-electron chi connectivity index (χ0n) is 22.3. The van der Waals surface area contributed by atoms with E-state index in [2.05, 4.69) is 143 Å². The maximum absolute atomic E-state index is 4.80. The van der Waals surface area contributed by atoms with Gasteiger partial charge in [-0.2, -0.15) is 0 Å². The van der Waals surface area contributed by atoms with E-state index in [-0.39, 0.29) is 0 Å². The van der Waals surface area contributed by atoms with Crippen molar-refractivity contribution in [3.05, 3.63) is 152 Å². The molecule has 1 aromatic heterocycles. The lowest BCUT2D eigenvalue weighted by atomic mass is 9.90. The zero-order chi connectivity index (χ0) is 27.2. The number of aromatic nitrogens is 2. The van der Waals surface area contributed by atoms with Gasteiger partial charge in [0, 0.05) is 22.8 Å². The second kappa shape index (κ2) is 9.58. The fraction of sp³-hybridized carbons (Fsp3) is 0. The van der Waals surface area contributed by atoms with Gasteiger partial charge in [-0.1, -0.05) is 109 Å². The van der Waals surface area contributed by atoms with E-state index in [1.807, 2.05) is 12.3 Å². The lowest BCUT2D eigenvalue weighted by Crippen LogP contribution is -2.16. The molecule has 0 aliphatic carbocycles. The molecule has 6 aromatic carbocycles. The number of fused-ring (bicyclic) bond motifs is 2. The van der Waals surface area contributed by atoms with Crippen LogP contribution in [0.15, 0.2) is 152 Å². The highest BCUT2D eigenvalue weighted by Crippen LogP contribution is 2.50. The minimum atomic E-state index is 0.894. The van der Waals surface area contributed by atoms with Gasteiger partial charge in [0.15, 0.2) is 0 Å². The molecule has 3 nitrogen and oxygen atoms in total. The maximum Gasteiger partial charge on any atom is 0.148 e. The first-order chi connectivity index (χ1) is 20.3. The summed E-state index contributed by atoms with van der Waals surface area (Å²) in [6, 6.07) is 49.7. The maximum atomic E-state index is 4.80. The van der Waals surface area contributed by atoms with Crippen molar-refractivity contribution in [1.82, 2.24) is 9.97 Å². The molecule has 0 spiro atoms. The second-order valence-corrected chi connectivity index (χ2v) is 10.4. The van der Waals surface area contributed by atoms with Crippen molar-refractivity contribution in [2.24, 2.45) is 0 Å². The summed E-state index contributed by atoms with van der Waals surface area (Å²) in [7, 11) is 0. The Morgan fingerprint density at radius 3 is 1.71 bits per heavy atom. The molecule has 0 atom stereocenters. The largest absolute Gasteiger partial charge is 0.294 e. The van der Waals surface area contributed by atoms with Crippen molar-refractivity contribution in [3.63, 3.8) is 0 Å². The fourth-order valence-corrected chi connectivity index (χ4v) is 5.96. The highest BCUT2D eigenvalue weighted by Gasteiger charge is 2.27. The molecule has 2 heterocycles. The molecule has 3 heteroatoms. The standard InChI is InChI=1S/C38H25N3/c1-3-8-26(9-4-1)28-14-16-29(17-15-28)30-18-20-33(21-19-30)41-36-13-7-12-31-22-32(27-10-5-2-6-11-27)23-34(37(31)36)35-24-39-25-40-38(35)41/h1-25H. The fourth-order valence-electron chi connectivity index (χ4n) is 5.96. The number of nitrogens with zero attached hydrogens (tertiary/aromatic N) is 3. The normalized spacial score (nSPS) is 11.9. The molecule has 0 fully saturated rings. The van der Waals surface area contributed by atoms with Crippen LogP contribution in [-0.4, -0.2) is 9.97 Å². The summed E-state index contributed by atoms with van der Waals surface area (Å²) in [6.07, 6.45) is 3.58. The van der Waals surface area contributed by atoms with Gasteiger partial charge in [0.25, 0.3) is 0 Å². The van der Waals surface area contributed by atoms with Crippen LogP contribution in [0.3, 0.4) is 0 Å².